The predicted molar refractivity (Wildman–Crippen MR) is 109 cm³/mol. The Balaban J connectivity index is 1.97. The van der Waals surface area contributed by atoms with Gasteiger partial charge in [-0.25, -0.2) is 0 Å². The van der Waals surface area contributed by atoms with Gasteiger partial charge in [0, 0.05) is 35.0 Å². The maximum atomic E-state index is 2.35. The van der Waals surface area contributed by atoms with Gasteiger partial charge in [-0.2, -0.15) is 4.57 Å². The molecular formula is C24H21N2+. The molecule has 2 heterocycles. The molecule has 0 spiro atoms. The van der Waals surface area contributed by atoms with Crippen LogP contribution in [0.2, 0.25) is 0 Å². The van der Waals surface area contributed by atoms with E-state index in [1.807, 2.05) is 0 Å². The topological polar surface area (TPSA) is 8.81 Å². The Bertz CT molecular complexity index is 1310. The lowest BCUT2D eigenvalue weighted by atomic mass is 10.0. The predicted octanol–water partition coefficient (Wildman–Crippen LogP) is 5.28. The molecule has 5 rings (SSSR count). The van der Waals surface area contributed by atoms with Gasteiger partial charge in [-0.15, -0.1) is 0 Å². The van der Waals surface area contributed by atoms with Gasteiger partial charge in [-0.3, -0.25) is 0 Å². The molecule has 0 amide bonds. The van der Waals surface area contributed by atoms with Gasteiger partial charge in [0.2, 0.25) is 5.69 Å². The van der Waals surface area contributed by atoms with E-state index in [0.29, 0.717) is 0 Å². The maximum Gasteiger partial charge on any atom is 0.213 e. The van der Waals surface area contributed by atoms with Crippen molar-refractivity contribution in [2.45, 2.75) is 6.92 Å². The second-order valence-electron chi connectivity index (χ2n) is 7.12. The summed E-state index contributed by atoms with van der Waals surface area (Å²) in [4.78, 5) is 0. The van der Waals surface area contributed by atoms with E-state index in [9.17, 15) is 0 Å². The van der Waals surface area contributed by atoms with E-state index in [4.69, 9.17) is 0 Å². The first-order chi connectivity index (χ1) is 12.6. The molecule has 0 fully saturated rings. The zero-order chi connectivity index (χ0) is 17.8. The van der Waals surface area contributed by atoms with Gasteiger partial charge in [0.15, 0.2) is 6.20 Å². The lowest BCUT2D eigenvalue weighted by molar-refractivity contribution is -0.659. The van der Waals surface area contributed by atoms with E-state index in [2.05, 4.69) is 103 Å². The molecule has 3 aromatic carbocycles. The summed E-state index contributed by atoms with van der Waals surface area (Å²) in [5.41, 5.74) is 6.37. The minimum atomic E-state index is 1.25. The number of pyridine rings is 1. The third kappa shape index (κ3) is 2.02. The Morgan fingerprint density at radius 1 is 0.808 bits per heavy atom. The van der Waals surface area contributed by atoms with Crippen molar-refractivity contribution in [1.82, 2.24) is 4.57 Å². The van der Waals surface area contributed by atoms with Crippen molar-refractivity contribution in [3.8, 4) is 11.3 Å². The molecule has 2 aromatic heterocycles. The van der Waals surface area contributed by atoms with Crippen LogP contribution in [0, 0.1) is 6.92 Å². The average Bonchev–Trinajstić information content (AvgIpc) is 2.94. The first kappa shape index (κ1) is 15.2. The molecule has 2 nitrogen and oxygen atoms in total. The molecule has 0 aliphatic rings. The van der Waals surface area contributed by atoms with Crippen LogP contribution in [0.25, 0.3) is 43.8 Å². The number of benzene rings is 3. The Morgan fingerprint density at radius 3 is 2.42 bits per heavy atom. The second-order valence-corrected chi connectivity index (χ2v) is 7.12. The smallest absolute Gasteiger partial charge is 0.213 e. The minimum absolute atomic E-state index is 1.25. The Labute approximate surface area is 152 Å². The molecule has 0 unspecified atom stereocenters. The molecule has 5 aromatic rings. The van der Waals surface area contributed by atoms with E-state index in [1.54, 1.807) is 0 Å². The van der Waals surface area contributed by atoms with Gasteiger partial charge >= 0.3 is 0 Å². The number of rotatable bonds is 1. The van der Waals surface area contributed by atoms with Gasteiger partial charge in [0.25, 0.3) is 0 Å². The SMILES string of the molecule is Cc1ccccc1-c1cc2c3c4ccccc4ccc3n(C)c2c[n+]1C. The molecule has 0 aliphatic heterocycles. The van der Waals surface area contributed by atoms with Crippen LogP contribution in [0.15, 0.2) is 72.9 Å². The summed E-state index contributed by atoms with van der Waals surface area (Å²) in [7, 11) is 4.30. The van der Waals surface area contributed by atoms with Crippen LogP contribution in [-0.4, -0.2) is 4.57 Å². The number of hydrogen-bond donors (Lipinski definition) is 0. The van der Waals surface area contributed by atoms with Crippen LogP contribution < -0.4 is 4.57 Å². The van der Waals surface area contributed by atoms with Crippen LogP contribution in [0.5, 0.6) is 0 Å². The minimum Gasteiger partial charge on any atom is -0.339 e. The van der Waals surface area contributed by atoms with E-state index in [-0.39, 0.29) is 0 Å². The fourth-order valence-corrected chi connectivity index (χ4v) is 4.18. The highest BCUT2D eigenvalue weighted by Crippen LogP contribution is 2.35. The highest BCUT2D eigenvalue weighted by atomic mass is 15.0. The van der Waals surface area contributed by atoms with Gasteiger partial charge in [-0.1, -0.05) is 48.5 Å². The summed E-state index contributed by atoms with van der Waals surface area (Å²) in [6.07, 6.45) is 2.26. The summed E-state index contributed by atoms with van der Waals surface area (Å²) in [6.45, 7) is 2.18. The standard InChI is InChI=1S/C24H21N2/c1-16-8-4-6-10-18(16)22-14-20-23(15-25(22)2)26(3)21-13-12-17-9-5-7-11-19(17)24(20)21/h4-15H,1-3H3/q+1. The fraction of sp³-hybridized carbons (Fsp3) is 0.125. The molecule has 2 heteroatoms. The summed E-state index contributed by atoms with van der Waals surface area (Å²) in [5, 5.41) is 5.27. The first-order valence-corrected chi connectivity index (χ1v) is 9.00. The molecule has 0 radical (unpaired) electrons. The number of aryl methyl sites for hydroxylation is 3. The zero-order valence-electron chi connectivity index (χ0n) is 15.3. The quantitative estimate of drug-likeness (QED) is 0.368. The molecule has 0 atom stereocenters. The molecule has 0 saturated carbocycles. The van der Waals surface area contributed by atoms with Crippen LogP contribution in [0.3, 0.4) is 0 Å². The Morgan fingerprint density at radius 2 is 1.58 bits per heavy atom. The van der Waals surface area contributed by atoms with Crippen molar-refractivity contribution in [1.29, 1.82) is 0 Å². The molecule has 26 heavy (non-hydrogen) atoms. The van der Waals surface area contributed by atoms with Crippen LogP contribution >= 0.6 is 0 Å². The monoisotopic (exact) mass is 337 g/mol. The van der Waals surface area contributed by atoms with Gasteiger partial charge in [-0.05, 0) is 35.4 Å². The molecular weight excluding hydrogens is 316 g/mol. The van der Waals surface area contributed by atoms with Crippen molar-refractivity contribution < 1.29 is 4.57 Å². The van der Waals surface area contributed by atoms with Crippen LogP contribution in [0.1, 0.15) is 5.56 Å². The number of fused-ring (bicyclic) bond motifs is 5. The Hall–Kier alpha value is -3.13. The highest BCUT2D eigenvalue weighted by Gasteiger charge is 2.19. The van der Waals surface area contributed by atoms with Crippen molar-refractivity contribution in [2.24, 2.45) is 14.1 Å². The van der Waals surface area contributed by atoms with E-state index in [0.717, 1.165) is 0 Å². The Kier molecular flexibility index (Phi) is 3.17. The highest BCUT2D eigenvalue weighted by molar-refractivity contribution is 6.20. The van der Waals surface area contributed by atoms with Crippen LogP contribution in [0.4, 0.5) is 0 Å². The molecule has 0 bridgehead atoms. The molecule has 0 saturated heterocycles. The maximum absolute atomic E-state index is 2.35. The second kappa shape index (κ2) is 5.43. The van der Waals surface area contributed by atoms with E-state index < -0.39 is 0 Å². The summed E-state index contributed by atoms with van der Waals surface area (Å²) >= 11 is 0. The number of hydrogen-bond acceptors (Lipinski definition) is 0. The van der Waals surface area contributed by atoms with E-state index in [1.165, 1.54) is 49.4 Å². The first-order valence-electron chi connectivity index (χ1n) is 9.00. The number of nitrogens with zero attached hydrogens (tertiary/aromatic N) is 2. The van der Waals surface area contributed by atoms with E-state index >= 15 is 0 Å². The lowest BCUT2D eigenvalue weighted by Crippen LogP contribution is -2.30. The van der Waals surface area contributed by atoms with Crippen LogP contribution in [-0.2, 0) is 14.1 Å². The largest absolute Gasteiger partial charge is 0.339 e. The lowest BCUT2D eigenvalue weighted by Gasteiger charge is -2.05. The van der Waals surface area contributed by atoms with Crippen molar-refractivity contribution in [3.05, 3.63) is 78.5 Å². The van der Waals surface area contributed by atoms with Crippen molar-refractivity contribution >= 4 is 32.6 Å². The average molecular weight is 337 g/mol. The summed E-state index contributed by atoms with van der Waals surface area (Å²) in [5.74, 6) is 0. The summed E-state index contributed by atoms with van der Waals surface area (Å²) in [6, 6.07) is 24.1. The van der Waals surface area contributed by atoms with Crippen molar-refractivity contribution in [2.75, 3.05) is 0 Å². The third-order valence-electron chi connectivity index (χ3n) is 5.57. The van der Waals surface area contributed by atoms with Gasteiger partial charge in [0.05, 0.1) is 0 Å². The summed E-state index contributed by atoms with van der Waals surface area (Å²) < 4.78 is 4.55. The number of aromatic nitrogens is 2. The normalized spacial score (nSPS) is 11.7. The molecule has 126 valence electrons. The van der Waals surface area contributed by atoms with Crippen molar-refractivity contribution in [3.63, 3.8) is 0 Å². The molecule has 0 N–H and O–H groups in total. The van der Waals surface area contributed by atoms with Gasteiger partial charge in [0.1, 0.15) is 12.6 Å². The van der Waals surface area contributed by atoms with Gasteiger partial charge < -0.3 is 4.57 Å². The molecule has 0 aliphatic carbocycles. The third-order valence-corrected chi connectivity index (χ3v) is 5.57. The zero-order valence-corrected chi connectivity index (χ0v) is 15.3. The fourth-order valence-electron chi connectivity index (χ4n) is 4.18.